The highest BCUT2D eigenvalue weighted by Gasteiger charge is 2.24. The van der Waals surface area contributed by atoms with Crippen molar-refractivity contribution in [1.29, 1.82) is 0 Å². The Labute approximate surface area is 146 Å². The number of ketones is 1. The van der Waals surface area contributed by atoms with Crippen molar-refractivity contribution in [3.63, 3.8) is 0 Å². The Bertz CT molecular complexity index is 771. The molecule has 24 heavy (non-hydrogen) atoms. The van der Waals surface area contributed by atoms with Crippen LogP contribution < -0.4 is 10.6 Å². The number of Topliss-reactive ketones (excluding diaryl/α,β-unsaturated/α-hetero) is 1. The Morgan fingerprint density at radius 3 is 2.58 bits per heavy atom. The van der Waals surface area contributed by atoms with E-state index < -0.39 is 0 Å². The number of nitrogens with zero attached hydrogens (tertiary/aromatic N) is 1. The van der Waals surface area contributed by atoms with Crippen LogP contribution in [0.4, 0.5) is 11.4 Å². The van der Waals surface area contributed by atoms with Gasteiger partial charge in [-0.15, -0.1) is 0 Å². The molecule has 0 aliphatic carbocycles. The van der Waals surface area contributed by atoms with E-state index in [1.807, 2.05) is 18.2 Å². The maximum atomic E-state index is 12.6. The van der Waals surface area contributed by atoms with E-state index in [0.29, 0.717) is 17.1 Å². The van der Waals surface area contributed by atoms with Gasteiger partial charge in [-0.05, 0) is 54.8 Å². The number of anilines is 2. The first-order chi connectivity index (χ1) is 11.6. The molecule has 2 aromatic rings. The molecule has 0 atom stereocenters. The molecule has 4 nitrogen and oxygen atoms in total. The SMILES string of the molecule is Nc1cccc2c1CCCN2C(=O)CCC(=O)c1ccc(Cl)cc1. The highest BCUT2D eigenvalue weighted by atomic mass is 35.5. The summed E-state index contributed by atoms with van der Waals surface area (Å²) in [4.78, 5) is 26.5. The van der Waals surface area contributed by atoms with Crippen LogP contribution in [0, 0.1) is 0 Å². The minimum Gasteiger partial charge on any atom is -0.398 e. The summed E-state index contributed by atoms with van der Waals surface area (Å²) in [7, 11) is 0. The number of carbonyl (C=O) groups excluding carboxylic acids is 2. The molecule has 0 fully saturated rings. The average molecular weight is 343 g/mol. The minimum absolute atomic E-state index is 0.0381. The lowest BCUT2D eigenvalue weighted by atomic mass is 9.99. The summed E-state index contributed by atoms with van der Waals surface area (Å²) in [5, 5.41) is 0.588. The summed E-state index contributed by atoms with van der Waals surface area (Å²) in [6.07, 6.45) is 2.15. The highest BCUT2D eigenvalue weighted by Crippen LogP contribution is 2.31. The molecule has 1 amide bonds. The van der Waals surface area contributed by atoms with Gasteiger partial charge in [0, 0.05) is 41.3 Å². The van der Waals surface area contributed by atoms with Gasteiger partial charge in [-0.1, -0.05) is 17.7 Å². The molecule has 0 bridgehead atoms. The molecular weight excluding hydrogens is 324 g/mol. The number of nitrogens with two attached hydrogens (primary N) is 1. The molecule has 2 aromatic carbocycles. The zero-order valence-corrected chi connectivity index (χ0v) is 14.1. The van der Waals surface area contributed by atoms with Gasteiger partial charge < -0.3 is 10.6 Å². The Hall–Kier alpha value is -2.33. The number of benzene rings is 2. The van der Waals surface area contributed by atoms with E-state index in [1.165, 1.54) is 0 Å². The Balaban J connectivity index is 1.67. The third-order valence-electron chi connectivity index (χ3n) is 4.32. The van der Waals surface area contributed by atoms with E-state index in [-0.39, 0.29) is 24.5 Å². The number of amides is 1. The molecule has 124 valence electrons. The second-order valence-corrected chi connectivity index (χ2v) is 6.36. The first-order valence-corrected chi connectivity index (χ1v) is 8.40. The topological polar surface area (TPSA) is 63.4 Å². The van der Waals surface area contributed by atoms with Crippen molar-refractivity contribution >= 4 is 34.7 Å². The largest absolute Gasteiger partial charge is 0.398 e. The van der Waals surface area contributed by atoms with Gasteiger partial charge in [0.1, 0.15) is 0 Å². The van der Waals surface area contributed by atoms with Crippen LogP contribution in [0.1, 0.15) is 35.2 Å². The number of halogens is 1. The number of carbonyl (C=O) groups is 2. The highest BCUT2D eigenvalue weighted by molar-refractivity contribution is 6.30. The lowest BCUT2D eigenvalue weighted by molar-refractivity contribution is -0.118. The van der Waals surface area contributed by atoms with Gasteiger partial charge in [0.25, 0.3) is 0 Å². The molecule has 0 saturated carbocycles. The second-order valence-electron chi connectivity index (χ2n) is 5.92. The van der Waals surface area contributed by atoms with Crippen LogP contribution in [0.15, 0.2) is 42.5 Å². The van der Waals surface area contributed by atoms with E-state index in [1.54, 1.807) is 29.2 Å². The fourth-order valence-corrected chi connectivity index (χ4v) is 3.17. The van der Waals surface area contributed by atoms with Crippen molar-refractivity contribution in [2.45, 2.75) is 25.7 Å². The van der Waals surface area contributed by atoms with Crippen molar-refractivity contribution < 1.29 is 9.59 Å². The molecule has 2 N–H and O–H groups in total. The third-order valence-corrected chi connectivity index (χ3v) is 4.57. The van der Waals surface area contributed by atoms with Crippen molar-refractivity contribution in [3.8, 4) is 0 Å². The molecule has 1 heterocycles. The van der Waals surface area contributed by atoms with Crippen LogP contribution in [0.25, 0.3) is 0 Å². The molecule has 1 aliphatic rings. The summed E-state index contributed by atoms with van der Waals surface area (Å²) in [6.45, 7) is 0.671. The zero-order valence-electron chi connectivity index (χ0n) is 13.3. The van der Waals surface area contributed by atoms with E-state index in [4.69, 9.17) is 17.3 Å². The van der Waals surface area contributed by atoms with Crippen LogP contribution in [0.2, 0.25) is 5.02 Å². The Kier molecular flexibility index (Phi) is 4.86. The van der Waals surface area contributed by atoms with Gasteiger partial charge in [0.2, 0.25) is 5.91 Å². The molecule has 3 rings (SSSR count). The van der Waals surface area contributed by atoms with Crippen molar-refractivity contribution in [2.24, 2.45) is 0 Å². The monoisotopic (exact) mass is 342 g/mol. The van der Waals surface area contributed by atoms with Crippen molar-refractivity contribution in [3.05, 3.63) is 58.6 Å². The zero-order chi connectivity index (χ0) is 17.1. The smallest absolute Gasteiger partial charge is 0.227 e. The number of rotatable bonds is 4. The van der Waals surface area contributed by atoms with E-state index in [2.05, 4.69) is 0 Å². The Morgan fingerprint density at radius 2 is 1.83 bits per heavy atom. The predicted molar refractivity (Wildman–Crippen MR) is 96.5 cm³/mol. The summed E-state index contributed by atoms with van der Waals surface area (Å²) >= 11 is 5.82. The first-order valence-electron chi connectivity index (χ1n) is 8.03. The van der Waals surface area contributed by atoms with Crippen LogP contribution in [-0.4, -0.2) is 18.2 Å². The molecule has 0 spiro atoms. The van der Waals surface area contributed by atoms with Crippen LogP contribution >= 0.6 is 11.6 Å². The summed E-state index contributed by atoms with van der Waals surface area (Å²) in [6, 6.07) is 12.4. The third kappa shape index (κ3) is 3.44. The van der Waals surface area contributed by atoms with Gasteiger partial charge in [-0.25, -0.2) is 0 Å². The van der Waals surface area contributed by atoms with Crippen LogP contribution in [-0.2, 0) is 11.2 Å². The molecule has 0 radical (unpaired) electrons. The van der Waals surface area contributed by atoms with Gasteiger partial charge in [0.15, 0.2) is 5.78 Å². The molecule has 0 unspecified atom stereocenters. The summed E-state index contributed by atoms with van der Waals surface area (Å²) < 4.78 is 0. The standard InChI is InChI=1S/C19H19ClN2O2/c20-14-8-6-13(7-9-14)18(23)10-11-19(24)22-12-2-3-15-16(21)4-1-5-17(15)22/h1,4-9H,2-3,10-12,21H2. The fourth-order valence-electron chi connectivity index (χ4n) is 3.05. The van der Waals surface area contributed by atoms with E-state index in [9.17, 15) is 9.59 Å². The number of fused-ring (bicyclic) bond motifs is 1. The summed E-state index contributed by atoms with van der Waals surface area (Å²) in [5.41, 5.74) is 9.22. The van der Waals surface area contributed by atoms with E-state index >= 15 is 0 Å². The molecular formula is C19H19ClN2O2. The van der Waals surface area contributed by atoms with Gasteiger partial charge >= 0.3 is 0 Å². The maximum Gasteiger partial charge on any atom is 0.227 e. The van der Waals surface area contributed by atoms with Crippen molar-refractivity contribution in [1.82, 2.24) is 0 Å². The molecule has 1 aliphatic heterocycles. The van der Waals surface area contributed by atoms with Crippen molar-refractivity contribution in [2.75, 3.05) is 17.2 Å². The molecule has 0 saturated heterocycles. The van der Waals surface area contributed by atoms with Crippen LogP contribution in [0.3, 0.4) is 0 Å². The first kappa shape index (κ1) is 16.5. The number of hydrogen-bond acceptors (Lipinski definition) is 3. The van der Waals surface area contributed by atoms with Gasteiger partial charge in [0.05, 0.1) is 0 Å². The predicted octanol–water partition coefficient (Wildman–Crippen LogP) is 3.86. The second kappa shape index (κ2) is 7.05. The lowest BCUT2D eigenvalue weighted by Gasteiger charge is -2.30. The number of nitrogen functional groups attached to an aromatic ring is 1. The van der Waals surface area contributed by atoms with Gasteiger partial charge in [-0.2, -0.15) is 0 Å². The molecule has 0 aromatic heterocycles. The van der Waals surface area contributed by atoms with E-state index in [0.717, 1.165) is 29.8 Å². The molecule has 5 heteroatoms. The Morgan fingerprint density at radius 1 is 1.08 bits per heavy atom. The maximum absolute atomic E-state index is 12.6. The fraction of sp³-hybridized carbons (Fsp3) is 0.263. The van der Waals surface area contributed by atoms with Gasteiger partial charge in [-0.3, -0.25) is 9.59 Å². The summed E-state index contributed by atoms with van der Waals surface area (Å²) in [5.74, 6) is -0.0892. The quantitative estimate of drug-likeness (QED) is 0.677. The lowest BCUT2D eigenvalue weighted by Crippen LogP contribution is -2.35. The van der Waals surface area contributed by atoms with Crippen LogP contribution in [0.5, 0.6) is 0 Å². The normalized spacial score (nSPS) is 13.5. The number of hydrogen-bond donors (Lipinski definition) is 1. The minimum atomic E-state index is -0.0511. The average Bonchev–Trinajstić information content (AvgIpc) is 2.60.